The lowest BCUT2D eigenvalue weighted by atomic mass is 10.1. The molecule has 0 spiro atoms. The lowest BCUT2D eigenvalue weighted by Crippen LogP contribution is -2.46. The van der Waals surface area contributed by atoms with Gasteiger partial charge in [-0.3, -0.25) is 4.98 Å². The van der Waals surface area contributed by atoms with E-state index in [1.165, 1.54) is 0 Å². The van der Waals surface area contributed by atoms with Gasteiger partial charge < -0.3 is 16.0 Å². The maximum atomic E-state index is 10.9. The Morgan fingerprint density at radius 2 is 2.13 bits per heavy atom. The van der Waals surface area contributed by atoms with Crippen LogP contribution in [0.4, 0.5) is 10.6 Å². The first-order valence-electron chi connectivity index (χ1n) is 7.69. The predicted octanol–water partition coefficient (Wildman–Crippen LogP) is 1.48. The van der Waals surface area contributed by atoms with Crippen molar-refractivity contribution in [2.24, 2.45) is 5.73 Å². The summed E-state index contributed by atoms with van der Waals surface area (Å²) in [4.78, 5) is 26.5. The fourth-order valence-electron chi connectivity index (χ4n) is 2.79. The zero-order valence-electron chi connectivity index (χ0n) is 13.1. The summed E-state index contributed by atoms with van der Waals surface area (Å²) < 4.78 is 0. The van der Waals surface area contributed by atoms with Gasteiger partial charge in [-0.1, -0.05) is 0 Å². The average molecular weight is 312 g/mol. The van der Waals surface area contributed by atoms with E-state index in [1.54, 1.807) is 12.4 Å². The van der Waals surface area contributed by atoms with Crippen molar-refractivity contribution >= 4 is 11.8 Å². The summed E-state index contributed by atoms with van der Waals surface area (Å²) in [6.07, 6.45) is 5.21. The number of aryl methyl sites for hydroxylation is 1. The van der Waals surface area contributed by atoms with Crippen LogP contribution in [-0.4, -0.2) is 40.1 Å². The summed E-state index contributed by atoms with van der Waals surface area (Å²) in [5, 5.41) is 2.77. The molecule has 7 nitrogen and oxygen atoms in total. The van der Waals surface area contributed by atoms with E-state index in [9.17, 15) is 4.79 Å². The summed E-state index contributed by atoms with van der Waals surface area (Å²) in [5.41, 5.74) is 7.01. The van der Waals surface area contributed by atoms with E-state index in [4.69, 9.17) is 5.73 Å². The molecule has 0 atom stereocenters. The molecule has 3 N–H and O–H groups in total. The van der Waals surface area contributed by atoms with Crippen molar-refractivity contribution in [2.45, 2.75) is 25.8 Å². The van der Waals surface area contributed by atoms with Crippen LogP contribution in [0.15, 0.2) is 30.6 Å². The molecule has 1 fully saturated rings. The second kappa shape index (κ2) is 6.60. The lowest BCUT2D eigenvalue weighted by molar-refractivity contribution is 0.242. The number of hydrogen-bond donors (Lipinski definition) is 2. The number of nitrogens with zero attached hydrogens (tertiary/aromatic N) is 4. The van der Waals surface area contributed by atoms with Gasteiger partial charge in [0.1, 0.15) is 5.82 Å². The molecule has 23 heavy (non-hydrogen) atoms. The lowest BCUT2D eigenvalue weighted by Gasteiger charge is -2.33. The van der Waals surface area contributed by atoms with Gasteiger partial charge in [0.05, 0.1) is 0 Å². The van der Waals surface area contributed by atoms with Crippen molar-refractivity contribution in [2.75, 3.05) is 18.0 Å². The third kappa shape index (κ3) is 3.74. The number of urea groups is 1. The largest absolute Gasteiger partial charge is 0.356 e. The molecule has 0 aromatic carbocycles. The molecule has 120 valence electrons. The number of rotatable bonds is 3. The minimum absolute atomic E-state index is 0.143. The Bertz CT molecular complexity index is 682. The Kier molecular flexibility index (Phi) is 4.36. The zero-order chi connectivity index (χ0) is 16.2. The first kappa shape index (κ1) is 15.2. The van der Waals surface area contributed by atoms with E-state index in [2.05, 4.69) is 25.2 Å². The van der Waals surface area contributed by atoms with E-state index >= 15 is 0 Å². The number of aromatic nitrogens is 3. The van der Waals surface area contributed by atoms with Crippen molar-refractivity contribution in [1.29, 1.82) is 0 Å². The predicted molar refractivity (Wildman–Crippen MR) is 88.0 cm³/mol. The first-order valence-corrected chi connectivity index (χ1v) is 7.69. The number of primary amides is 1. The topological polar surface area (TPSA) is 97.0 Å². The highest BCUT2D eigenvalue weighted by molar-refractivity contribution is 5.72. The molecule has 3 heterocycles. The third-order valence-electron chi connectivity index (χ3n) is 3.93. The highest BCUT2D eigenvalue weighted by Gasteiger charge is 2.21. The van der Waals surface area contributed by atoms with Crippen molar-refractivity contribution in [3.05, 3.63) is 36.3 Å². The average Bonchev–Trinajstić information content (AvgIpc) is 2.55. The summed E-state index contributed by atoms with van der Waals surface area (Å²) in [7, 11) is 0. The van der Waals surface area contributed by atoms with Crippen molar-refractivity contribution in [3.63, 3.8) is 0 Å². The Hall–Kier alpha value is -2.70. The molecule has 2 aromatic heterocycles. The van der Waals surface area contributed by atoms with Crippen LogP contribution in [0.3, 0.4) is 0 Å². The summed E-state index contributed by atoms with van der Waals surface area (Å²) in [5.74, 6) is 1.60. The van der Waals surface area contributed by atoms with Gasteiger partial charge in [0, 0.05) is 48.8 Å². The van der Waals surface area contributed by atoms with Crippen molar-refractivity contribution < 1.29 is 4.79 Å². The van der Waals surface area contributed by atoms with Crippen LogP contribution in [0.25, 0.3) is 11.4 Å². The van der Waals surface area contributed by atoms with Crippen molar-refractivity contribution in [3.8, 4) is 11.4 Å². The smallest absolute Gasteiger partial charge is 0.312 e. The molecule has 0 radical (unpaired) electrons. The number of anilines is 1. The van der Waals surface area contributed by atoms with Crippen LogP contribution in [0.5, 0.6) is 0 Å². The highest BCUT2D eigenvalue weighted by atomic mass is 16.2. The monoisotopic (exact) mass is 312 g/mol. The van der Waals surface area contributed by atoms with Gasteiger partial charge in [-0.25, -0.2) is 14.8 Å². The van der Waals surface area contributed by atoms with E-state index in [0.717, 1.165) is 43.0 Å². The highest BCUT2D eigenvalue weighted by Crippen LogP contribution is 2.22. The Morgan fingerprint density at radius 1 is 1.35 bits per heavy atom. The fraction of sp³-hybridized carbons (Fsp3) is 0.375. The van der Waals surface area contributed by atoms with Crippen LogP contribution < -0.4 is 16.0 Å². The maximum Gasteiger partial charge on any atom is 0.312 e. The van der Waals surface area contributed by atoms with E-state index in [0.29, 0.717) is 5.82 Å². The van der Waals surface area contributed by atoms with Gasteiger partial charge in [-0.05, 0) is 31.9 Å². The van der Waals surface area contributed by atoms with Gasteiger partial charge >= 0.3 is 6.03 Å². The van der Waals surface area contributed by atoms with Gasteiger partial charge in [0.25, 0.3) is 0 Å². The minimum atomic E-state index is -0.458. The molecule has 1 aliphatic heterocycles. The van der Waals surface area contributed by atoms with Crippen molar-refractivity contribution in [1.82, 2.24) is 20.3 Å². The normalized spacial score (nSPS) is 15.4. The van der Waals surface area contributed by atoms with E-state index < -0.39 is 6.03 Å². The Balaban J connectivity index is 1.76. The molecular weight excluding hydrogens is 292 g/mol. The molecule has 0 aliphatic carbocycles. The van der Waals surface area contributed by atoms with Crippen LogP contribution >= 0.6 is 0 Å². The Morgan fingerprint density at radius 3 is 2.78 bits per heavy atom. The Labute approximate surface area is 135 Å². The number of pyridine rings is 1. The summed E-state index contributed by atoms with van der Waals surface area (Å²) in [6.45, 7) is 3.62. The number of carbonyl (C=O) groups excluding carboxylic acids is 1. The summed E-state index contributed by atoms with van der Waals surface area (Å²) in [6, 6.07) is 5.50. The van der Waals surface area contributed by atoms with Crippen LogP contribution in [-0.2, 0) is 0 Å². The molecular formula is C16H20N6O. The molecule has 2 aromatic rings. The number of piperidine rings is 1. The van der Waals surface area contributed by atoms with Gasteiger partial charge in [-0.15, -0.1) is 0 Å². The van der Waals surface area contributed by atoms with Gasteiger partial charge in [0.15, 0.2) is 5.82 Å². The van der Waals surface area contributed by atoms with Gasteiger partial charge in [0.2, 0.25) is 0 Å². The zero-order valence-corrected chi connectivity index (χ0v) is 13.1. The molecule has 1 saturated heterocycles. The number of carbonyl (C=O) groups is 1. The molecule has 0 unspecified atom stereocenters. The molecule has 0 bridgehead atoms. The SMILES string of the molecule is Cc1cc(N2CCC(NC(N)=O)CC2)nc(-c2cccnc2)n1. The minimum Gasteiger partial charge on any atom is -0.356 e. The number of nitrogens with two attached hydrogens (primary N) is 1. The quantitative estimate of drug-likeness (QED) is 0.895. The van der Waals surface area contributed by atoms with Crippen LogP contribution in [0.1, 0.15) is 18.5 Å². The third-order valence-corrected chi connectivity index (χ3v) is 3.93. The summed E-state index contributed by atoms with van der Waals surface area (Å²) >= 11 is 0. The van der Waals surface area contributed by atoms with Crippen LogP contribution in [0.2, 0.25) is 0 Å². The first-order chi connectivity index (χ1) is 11.1. The van der Waals surface area contributed by atoms with Gasteiger partial charge in [-0.2, -0.15) is 0 Å². The van der Waals surface area contributed by atoms with Crippen LogP contribution in [0, 0.1) is 6.92 Å². The molecule has 0 saturated carbocycles. The molecule has 3 rings (SSSR count). The fourth-order valence-corrected chi connectivity index (χ4v) is 2.79. The standard InChI is InChI=1S/C16H20N6O/c1-11-9-14(21-15(19-11)12-3-2-6-18-10-12)22-7-4-13(5-8-22)20-16(17)23/h2-3,6,9-10,13H,4-5,7-8H2,1H3,(H3,17,20,23). The second-order valence-corrected chi connectivity index (χ2v) is 5.70. The van der Waals surface area contributed by atoms with E-state index in [-0.39, 0.29) is 6.04 Å². The molecule has 2 amide bonds. The molecule has 1 aliphatic rings. The number of nitrogens with one attached hydrogen (secondary N) is 1. The number of amides is 2. The second-order valence-electron chi connectivity index (χ2n) is 5.70. The number of hydrogen-bond acceptors (Lipinski definition) is 5. The molecule has 7 heteroatoms. The van der Waals surface area contributed by atoms with E-state index in [1.807, 2.05) is 25.1 Å². The maximum absolute atomic E-state index is 10.9.